The maximum Gasteiger partial charge on any atom is 0.573 e. The van der Waals surface area contributed by atoms with Crippen LogP contribution in [0.3, 0.4) is 0 Å². The first-order chi connectivity index (χ1) is 17.6. The average Bonchev–Trinajstić information content (AvgIpc) is 2.85. The van der Waals surface area contributed by atoms with Gasteiger partial charge in [-0.25, -0.2) is 13.2 Å². The summed E-state index contributed by atoms with van der Waals surface area (Å²) in [4.78, 5) is 0. The molecule has 37 heavy (non-hydrogen) atoms. The van der Waals surface area contributed by atoms with Gasteiger partial charge in [-0.15, -0.1) is 13.2 Å². The Morgan fingerprint density at radius 2 is 1.54 bits per heavy atom. The molecule has 1 aliphatic rings. The zero-order valence-electron chi connectivity index (χ0n) is 20.3. The highest BCUT2D eigenvalue weighted by Crippen LogP contribution is 2.30. The second kappa shape index (κ2) is 11.7. The highest BCUT2D eigenvalue weighted by Gasteiger charge is 2.34. The van der Waals surface area contributed by atoms with Gasteiger partial charge in [0.15, 0.2) is 17.9 Å². The number of fused-ring (bicyclic) bond motifs is 1. The number of benzene rings is 3. The smallest absolute Gasteiger partial charge is 0.399 e. The SMILES string of the molecule is CCCC1COC(CCc2ccc3c(F)c(CCc4cc(F)c(OC(F)(F)F)c(F)c4)ccc3c2)OC1. The van der Waals surface area contributed by atoms with Crippen LogP contribution in [0.15, 0.2) is 42.5 Å². The van der Waals surface area contributed by atoms with Crippen molar-refractivity contribution < 1.29 is 40.6 Å². The number of hydrogen-bond donors (Lipinski definition) is 0. The molecular weight excluding hydrogens is 498 g/mol. The topological polar surface area (TPSA) is 27.7 Å². The van der Waals surface area contributed by atoms with Gasteiger partial charge in [-0.3, -0.25) is 0 Å². The first-order valence-corrected chi connectivity index (χ1v) is 12.3. The van der Waals surface area contributed by atoms with Crippen molar-refractivity contribution in [3.05, 3.63) is 76.6 Å². The van der Waals surface area contributed by atoms with E-state index >= 15 is 4.39 Å². The van der Waals surface area contributed by atoms with Gasteiger partial charge in [0.2, 0.25) is 5.75 Å². The molecule has 1 aliphatic heterocycles. The third-order valence-electron chi connectivity index (χ3n) is 6.46. The second-order valence-electron chi connectivity index (χ2n) is 9.32. The van der Waals surface area contributed by atoms with E-state index in [-0.39, 0.29) is 24.7 Å². The lowest BCUT2D eigenvalue weighted by atomic mass is 9.98. The predicted molar refractivity (Wildman–Crippen MR) is 127 cm³/mol. The first kappa shape index (κ1) is 27.3. The number of ether oxygens (including phenoxy) is 3. The van der Waals surface area contributed by atoms with Crippen LogP contribution in [0.25, 0.3) is 10.8 Å². The summed E-state index contributed by atoms with van der Waals surface area (Å²) < 4.78 is 95.1. The highest BCUT2D eigenvalue weighted by molar-refractivity contribution is 5.84. The zero-order chi connectivity index (χ0) is 26.6. The number of hydrogen-bond acceptors (Lipinski definition) is 3. The normalized spacial score (nSPS) is 18.4. The maximum absolute atomic E-state index is 15.2. The van der Waals surface area contributed by atoms with Gasteiger partial charge in [-0.1, -0.05) is 43.7 Å². The van der Waals surface area contributed by atoms with Crippen LogP contribution in [0.1, 0.15) is 42.9 Å². The van der Waals surface area contributed by atoms with Gasteiger partial charge < -0.3 is 14.2 Å². The first-order valence-electron chi connectivity index (χ1n) is 12.3. The summed E-state index contributed by atoms with van der Waals surface area (Å²) in [6, 6.07) is 10.4. The van der Waals surface area contributed by atoms with Crippen molar-refractivity contribution in [2.75, 3.05) is 13.2 Å². The predicted octanol–water partition coefficient (Wildman–Crippen LogP) is 7.66. The van der Waals surface area contributed by atoms with Crippen molar-refractivity contribution in [2.45, 2.75) is 58.1 Å². The fourth-order valence-corrected chi connectivity index (χ4v) is 4.59. The maximum atomic E-state index is 15.2. The van der Waals surface area contributed by atoms with Crippen molar-refractivity contribution in [3.63, 3.8) is 0 Å². The van der Waals surface area contributed by atoms with Gasteiger partial charge >= 0.3 is 6.36 Å². The molecule has 0 unspecified atom stereocenters. The molecule has 0 amide bonds. The molecule has 0 saturated carbocycles. The molecule has 0 N–H and O–H groups in total. The van der Waals surface area contributed by atoms with E-state index in [9.17, 15) is 22.0 Å². The fourth-order valence-electron chi connectivity index (χ4n) is 4.59. The lowest BCUT2D eigenvalue weighted by Gasteiger charge is -2.29. The minimum absolute atomic E-state index is 0.0289. The summed E-state index contributed by atoms with van der Waals surface area (Å²) in [6.07, 6.45) is -1.72. The average molecular weight is 527 g/mol. The molecule has 0 radical (unpaired) electrons. The molecule has 1 saturated heterocycles. The Labute approximate surface area is 211 Å². The van der Waals surface area contributed by atoms with E-state index in [1.807, 2.05) is 12.1 Å². The number of aryl methyl sites for hydroxylation is 3. The van der Waals surface area contributed by atoms with Gasteiger partial charge in [0, 0.05) is 17.7 Å². The van der Waals surface area contributed by atoms with E-state index in [0.29, 0.717) is 42.9 Å². The van der Waals surface area contributed by atoms with Crippen molar-refractivity contribution in [1.82, 2.24) is 0 Å². The molecule has 1 heterocycles. The highest BCUT2D eigenvalue weighted by atomic mass is 19.4. The molecule has 0 spiro atoms. The van der Waals surface area contributed by atoms with Gasteiger partial charge in [0.05, 0.1) is 13.2 Å². The molecule has 0 aromatic heterocycles. The van der Waals surface area contributed by atoms with E-state index in [4.69, 9.17) is 9.47 Å². The Kier molecular flexibility index (Phi) is 8.64. The molecule has 3 nitrogen and oxygen atoms in total. The summed E-state index contributed by atoms with van der Waals surface area (Å²) in [5.74, 6) is -4.44. The van der Waals surface area contributed by atoms with Gasteiger partial charge in [-0.05, 0) is 59.9 Å². The molecule has 0 aliphatic carbocycles. The summed E-state index contributed by atoms with van der Waals surface area (Å²) in [7, 11) is 0. The minimum Gasteiger partial charge on any atom is -0.399 e. The van der Waals surface area contributed by atoms with Crippen LogP contribution >= 0.6 is 0 Å². The van der Waals surface area contributed by atoms with Crippen LogP contribution in [0.5, 0.6) is 5.75 Å². The lowest BCUT2D eigenvalue weighted by Crippen LogP contribution is -2.32. The summed E-state index contributed by atoms with van der Waals surface area (Å²) in [5.41, 5.74) is 1.45. The van der Waals surface area contributed by atoms with Crippen LogP contribution in [0.4, 0.5) is 26.3 Å². The quantitative estimate of drug-likeness (QED) is 0.268. The number of halogens is 6. The molecule has 4 rings (SSSR count). The number of rotatable bonds is 9. The summed E-state index contributed by atoms with van der Waals surface area (Å²) in [5, 5.41) is 1.14. The largest absolute Gasteiger partial charge is 0.573 e. The molecule has 9 heteroatoms. The van der Waals surface area contributed by atoms with Crippen LogP contribution in [-0.2, 0) is 28.7 Å². The number of alkyl halides is 3. The lowest BCUT2D eigenvalue weighted by molar-refractivity contribution is -0.276. The van der Waals surface area contributed by atoms with Gasteiger partial charge in [0.1, 0.15) is 5.82 Å². The molecule has 0 atom stereocenters. The van der Waals surface area contributed by atoms with E-state index in [1.165, 1.54) is 0 Å². The van der Waals surface area contributed by atoms with Gasteiger partial charge in [-0.2, -0.15) is 0 Å². The van der Waals surface area contributed by atoms with Crippen molar-refractivity contribution in [3.8, 4) is 5.75 Å². The van der Waals surface area contributed by atoms with Gasteiger partial charge in [0.25, 0.3) is 0 Å². The molecule has 200 valence electrons. The Hall–Kier alpha value is -2.78. The Balaban J connectivity index is 1.38. The molecule has 0 bridgehead atoms. The van der Waals surface area contributed by atoms with Crippen LogP contribution in [-0.4, -0.2) is 25.9 Å². The van der Waals surface area contributed by atoms with Crippen LogP contribution < -0.4 is 4.74 Å². The molecule has 3 aromatic carbocycles. The summed E-state index contributed by atoms with van der Waals surface area (Å²) in [6.45, 7) is 3.54. The van der Waals surface area contributed by atoms with E-state index in [1.54, 1.807) is 18.2 Å². The van der Waals surface area contributed by atoms with E-state index in [0.717, 1.165) is 35.9 Å². The third kappa shape index (κ3) is 7.17. The molecule has 1 fully saturated rings. The summed E-state index contributed by atoms with van der Waals surface area (Å²) >= 11 is 0. The zero-order valence-corrected chi connectivity index (χ0v) is 20.3. The van der Waals surface area contributed by atoms with Crippen molar-refractivity contribution in [2.24, 2.45) is 5.92 Å². The van der Waals surface area contributed by atoms with Crippen LogP contribution in [0, 0.1) is 23.4 Å². The van der Waals surface area contributed by atoms with E-state index in [2.05, 4.69) is 11.7 Å². The minimum atomic E-state index is -5.22. The second-order valence-corrected chi connectivity index (χ2v) is 9.32. The van der Waals surface area contributed by atoms with E-state index < -0.39 is 29.6 Å². The van der Waals surface area contributed by atoms with Crippen molar-refractivity contribution >= 4 is 10.8 Å². The molecular formula is C28H28F6O3. The fraction of sp³-hybridized carbons (Fsp3) is 0.429. The van der Waals surface area contributed by atoms with Crippen LogP contribution in [0.2, 0.25) is 0 Å². The third-order valence-corrected chi connectivity index (χ3v) is 6.46. The molecule has 3 aromatic rings. The van der Waals surface area contributed by atoms with Crippen molar-refractivity contribution in [1.29, 1.82) is 0 Å². The Morgan fingerprint density at radius 1 is 0.838 bits per heavy atom. The monoisotopic (exact) mass is 526 g/mol. The Bertz CT molecular complexity index is 1200. The standard InChI is InChI=1S/C28H28F6O3/c1-2-3-19-15-35-25(36-16-19)11-6-17-5-10-22-21(12-17)9-8-20(26(22)31)7-4-18-13-23(29)27(24(30)14-18)37-28(32,33)34/h5,8-10,12-14,19,25H,2-4,6-7,11,15-16H2,1H3. The Morgan fingerprint density at radius 3 is 2.19 bits per heavy atom.